The number of aromatic nitrogens is 9. The van der Waals surface area contributed by atoms with Crippen molar-refractivity contribution in [2.45, 2.75) is 12.8 Å². The van der Waals surface area contributed by atoms with Crippen molar-refractivity contribution in [2.24, 2.45) is 5.92 Å². The van der Waals surface area contributed by atoms with E-state index in [-0.39, 0.29) is 11.8 Å². The van der Waals surface area contributed by atoms with Crippen molar-refractivity contribution < 1.29 is 4.79 Å². The lowest BCUT2D eigenvalue weighted by Crippen LogP contribution is -2.41. The number of rotatable bonds is 5. The van der Waals surface area contributed by atoms with Crippen LogP contribution in [0.2, 0.25) is 0 Å². The van der Waals surface area contributed by atoms with E-state index in [1.165, 1.54) is 12.7 Å². The number of nitrogens with one attached hydrogen (secondary N) is 1. The largest absolute Gasteiger partial charge is 0.354 e. The molecule has 12 nitrogen and oxygen atoms in total. The minimum Gasteiger partial charge on any atom is -0.354 e. The molecule has 0 bridgehead atoms. The second-order valence-corrected chi connectivity index (χ2v) is 7.17. The van der Waals surface area contributed by atoms with E-state index >= 15 is 0 Å². The predicted octanol–water partition coefficient (Wildman–Crippen LogP) is 0.888. The molecule has 12 heteroatoms. The summed E-state index contributed by atoms with van der Waals surface area (Å²) in [6.07, 6.45) is 6.27. The van der Waals surface area contributed by atoms with Crippen molar-refractivity contribution in [3.63, 3.8) is 0 Å². The van der Waals surface area contributed by atoms with E-state index in [0.717, 1.165) is 36.6 Å². The van der Waals surface area contributed by atoms with Gasteiger partial charge in [0.25, 0.3) is 0 Å². The molecule has 1 unspecified atom stereocenters. The summed E-state index contributed by atoms with van der Waals surface area (Å²) in [6, 6.07) is 11.1. The Hall–Kier alpha value is -4.22. The monoisotopic (exact) mass is 417 g/mol. The molecule has 1 aromatic carbocycles. The molecule has 156 valence electrons. The fourth-order valence-electron chi connectivity index (χ4n) is 3.56. The molecule has 1 amide bonds. The van der Waals surface area contributed by atoms with Crippen LogP contribution in [-0.4, -0.2) is 64.2 Å². The van der Waals surface area contributed by atoms with Gasteiger partial charge in [0.05, 0.1) is 11.6 Å². The van der Waals surface area contributed by atoms with Crippen LogP contribution in [0.1, 0.15) is 12.8 Å². The fourth-order valence-corrected chi connectivity index (χ4v) is 3.56. The molecule has 0 aliphatic carbocycles. The highest BCUT2D eigenvalue weighted by Crippen LogP contribution is 2.23. The molecule has 4 aromatic rings. The zero-order valence-corrected chi connectivity index (χ0v) is 16.5. The van der Waals surface area contributed by atoms with Gasteiger partial charge in [0.2, 0.25) is 5.91 Å². The summed E-state index contributed by atoms with van der Waals surface area (Å²) in [5.74, 6) is 1.20. The van der Waals surface area contributed by atoms with E-state index in [0.29, 0.717) is 12.4 Å². The molecule has 5 rings (SSSR count). The van der Waals surface area contributed by atoms with Gasteiger partial charge in [-0.1, -0.05) is 0 Å². The van der Waals surface area contributed by atoms with Crippen molar-refractivity contribution in [1.29, 1.82) is 0 Å². The zero-order chi connectivity index (χ0) is 21.0. The third kappa shape index (κ3) is 4.08. The van der Waals surface area contributed by atoms with Gasteiger partial charge in [0, 0.05) is 18.8 Å². The molecule has 0 radical (unpaired) electrons. The second kappa shape index (κ2) is 8.26. The fraction of sp³-hybridized carbons (Fsp3) is 0.263. The molecule has 1 N–H and O–H groups in total. The van der Waals surface area contributed by atoms with E-state index in [1.54, 1.807) is 15.7 Å². The first-order valence-corrected chi connectivity index (χ1v) is 9.84. The molecular weight excluding hydrogens is 398 g/mol. The van der Waals surface area contributed by atoms with E-state index < -0.39 is 0 Å². The molecule has 0 saturated carbocycles. The Morgan fingerprint density at radius 2 is 1.84 bits per heavy atom. The minimum absolute atomic E-state index is 0.00735. The van der Waals surface area contributed by atoms with Crippen LogP contribution in [0.4, 0.5) is 11.5 Å². The summed E-state index contributed by atoms with van der Waals surface area (Å²) < 4.78 is 3.10. The number of anilines is 2. The van der Waals surface area contributed by atoms with Crippen molar-refractivity contribution in [1.82, 2.24) is 45.2 Å². The molecule has 1 fully saturated rings. The Morgan fingerprint density at radius 3 is 2.55 bits per heavy atom. The quantitative estimate of drug-likeness (QED) is 0.502. The highest BCUT2D eigenvalue weighted by atomic mass is 16.1. The van der Waals surface area contributed by atoms with Gasteiger partial charge in [-0.3, -0.25) is 4.79 Å². The maximum atomic E-state index is 12.8. The average molecular weight is 417 g/mol. The molecule has 31 heavy (non-hydrogen) atoms. The summed E-state index contributed by atoms with van der Waals surface area (Å²) in [4.78, 5) is 18.8. The van der Waals surface area contributed by atoms with Crippen LogP contribution in [0, 0.1) is 5.92 Å². The second-order valence-electron chi connectivity index (χ2n) is 7.17. The molecule has 1 aliphatic rings. The average Bonchev–Trinajstić information content (AvgIpc) is 3.55. The van der Waals surface area contributed by atoms with E-state index in [1.807, 2.05) is 36.4 Å². The maximum absolute atomic E-state index is 12.8. The Bertz CT molecular complexity index is 1120. The lowest BCUT2D eigenvalue weighted by atomic mass is 9.97. The Morgan fingerprint density at radius 1 is 1.00 bits per heavy atom. The van der Waals surface area contributed by atoms with Crippen LogP contribution in [0.5, 0.6) is 0 Å². The maximum Gasteiger partial charge on any atom is 0.229 e. The van der Waals surface area contributed by atoms with Crippen LogP contribution in [0.25, 0.3) is 11.5 Å². The van der Waals surface area contributed by atoms with Gasteiger partial charge < -0.3 is 10.2 Å². The van der Waals surface area contributed by atoms with Crippen molar-refractivity contribution in [2.75, 3.05) is 23.3 Å². The van der Waals surface area contributed by atoms with Gasteiger partial charge in [-0.2, -0.15) is 5.10 Å². The first-order valence-electron chi connectivity index (χ1n) is 9.84. The van der Waals surface area contributed by atoms with Gasteiger partial charge in [0.1, 0.15) is 19.0 Å². The molecule has 4 heterocycles. The molecular formula is C19H19N11O. The Kier molecular flexibility index (Phi) is 5.01. The molecule has 1 aliphatic heterocycles. The van der Waals surface area contributed by atoms with Crippen molar-refractivity contribution in [3.05, 3.63) is 55.4 Å². The SMILES string of the molecule is O=C(Nc1ccc(-n2cnnn2)cc1)C1CCCN(c2ccc(-n3cncn3)nn2)C1. The van der Waals surface area contributed by atoms with Gasteiger partial charge in [-0.25, -0.2) is 14.3 Å². The van der Waals surface area contributed by atoms with Crippen LogP contribution in [0.3, 0.4) is 0 Å². The summed E-state index contributed by atoms with van der Waals surface area (Å²) in [6.45, 7) is 1.42. The van der Waals surface area contributed by atoms with E-state index in [4.69, 9.17) is 0 Å². The number of hydrogen-bond acceptors (Lipinski definition) is 9. The molecule has 3 aromatic heterocycles. The number of tetrazole rings is 1. The molecule has 0 spiro atoms. The lowest BCUT2D eigenvalue weighted by molar-refractivity contribution is -0.120. The lowest BCUT2D eigenvalue weighted by Gasteiger charge is -2.32. The van der Waals surface area contributed by atoms with Gasteiger partial charge >= 0.3 is 0 Å². The molecule has 1 saturated heterocycles. The Balaban J connectivity index is 1.22. The summed E-state index contributed by atoms with van der Waals surface area (Å²) in [7, 11) is 0. The number of carbonyl (C=O) groups excluding carboxylic acids is 1. The first kappa shape index (κ1) is 18.8. The third-order valence-corrected chi connectivity index (χ3v) is 5.15. The van der Waals surface area contributed by atoms with Crippen molar-refractivity contribution in [3.8, 4) is 11.5 Å². The summed E-state index contributed by atoms with van der Waals surface area (Å²) in [5.41, 5.74) is 1.55. The minimum atomic E-state index is -0.135. The van der Waals surface area contributed by atoms with Gasteiger partial charge in [-0.15, -0.1) is 15.3 Å². The zero-order valence-electron chi connectivity index (χ0n) is 16.5. The number of piperidine rings is 1. The Labute approximate surface area is 176 Å². The number of benzene rings is 1. The van der Waals surface area contributed by atoms with Crippen LogP contribution in [0.15, 0.2) is 55.4 Å². The van der Waals surface area contributed by atoms with Crippen molar-refractivity contribution >= 4 is 17.4 Å². The van der Waals surface area contributed by atoms with Gasteiger partial charge in [0.15, 0.2) is 11.6 Å². The highest BCUT2D eigenvalue weighted by molar-refractivity contribution is 5.93. The first-order chi connectivity index (χ1) is 15.3. The highest BCUT2D eigenvalue weighted by Gasteiger charge is 2.27. The summed E-state index contributed by atoms with van der Waals surface area (Å²) in [5, 5.41) is 26.7. The standard InChI is InChI=1S/C19H19N11O/c31-19(23-15-3-5-16(6-4-15)29-13-21-26-27-29)14-2-1-9-28(10-14)17-7-8-18(25-24-17)30-12-20-11-22-30/h3-8,11-14H,1-2,9-10H2,(H,23,31). The smallest absolute Gasteiger partial charge is 0.229 e. The molecule has 1 atom stereocenters. The van der Waals surface area contributed by atoms with Crippen LogP contribution >= 0.6 is 0 Å². The number of nitrogens with zero attached hydrogens (tertiary/aromatic N) is 10. The van der Waals surface area contributed by atoms with E-state index in [2.05, 4.69) is 46.0 Å². The number of carbonyl (C=O) groups is 1. The number of hydrogen-bond donors (Lipinski definition) is 1. The topological polar surface area (TPSA) is 132 Å². The van der Waals surface area contributed by atoms with Crippen LogP contribution < -0.4 is 10.2 Å². The van der Waals surface area contributed by atoms with Gasteiger partial charge in [-0.05, 0) is 59.7 Å². The van der Waals surface area contributed by atoms with Crippen LogP contribution in [-0.2, 0) is 4.79 Å². The summed E-state index contributed by atoms with van der Waals surface area (Å²) >= 11 is 0. The third-order valence-electron chi connectivity index (χ3n) is 5.15. The van der Waals surface area contributed by atoms with E-state index in [9.17, 15) is 4.79 Å². The normalized spacial score (nSPS) is 16.3. The predicted molar refractivity (Wildman–Crippen MR) is 110 cm³/mol. The number of amides is 1.